The Morgan fingerprint density at radius 3 is 2.25 bits per heavy atom. The summed E-state index contributed by atoms with van der Waals surface area (Å²) in [6, 6.07) is 4.37. The van der Waals surface area contributed by atoms with Crippen molar-refractivity contribution in [1.82, 2.24) is 0 Å². The van der Waals surface area contributed by atoms with Crippen LogP contribution in [0.1, 0.15) is 13.8 Å². The standard InChI is InChI=1S/C10H7I2O4/c1-5(13)15-8-4-3-7(11)9(12)10(8)16-6(2)14/h4H,1-2H3. The van der Waals surface area contributed by atoms with Gasteiger partial charge in [-0.1, -0.05) is 0 Å². The molecule has 4 nitrogen and oxygen atoms in total. The van der Waals surface area contributed by atoms with Crippen molar-refractivity contribution in [2.24, 2.45) is 0 Å². The highest BCUT2D eigenvalue weighted by molar-refractivity contribution is 14.1. The van der Waals surface area contributed by atoms with Crippen molar-refractivity contribution in [2.75, 3.05) is 0 Å². The maximum absolute atomic E-state index is 10.9. The molecule has 0 amide bonds. The van der Waals surface area contributed by atoms with Crippen molar-refractivity contribution in [2.45, 2.75) is 13.8 Å². The molecule has 0 aliphatic rings. The minimum Gasteiger partial charge on any atom is -0.423 e. The lowest BCUT2D eigenvalue weighted by Gasteiger charge is -2.10. The van der Waals surface area contributed by atoms with Crippen LogP contribution in [0.15, 0.2) is 6.07 Å². The number of hydrogen-bond donors (Lipinski definition) is 0. The quantitative estimate of drug-likeness (QED) is 0.399. The van der Waals surface area contributed by atoms with Gasteiger partial charge in [0.05, 0.1) is 3.57 Å². The van der Waals surface area contributed by atoms with Crippen LogP contribution in [0.5, 0.6) is 11.5 Å². The fourth-order valence-electron chi connectivity index (χ4n) is 0.935. The number of carbonyl (C=O) groups is 2. The molecule has 0 spiro atoms. The van der Waals surface area contributed by atoms with Crippen LogP contribution < -0.4 is 9.47 Å². The van der Waals surface area contributed by atoms with E-state index in [0.717, 1.165) is 3.57 Å². The Bertz CT molecular complexity index is 443. The second-order valence-corrected chi connectivity index (χ2v) is 4.95. The first-order chi connectivity index (χ1) is 7.41. The minimum absolute atomic E-state index is 0.201. The van der Waals surface area contributed by atoms with Crippen LogP contribution in [0.25, 0.3) is 0 Å². The van der Waals surface area contributed by atoms with E-state index >= 15 is 0 Å². The van der Waals surface area contributed by atoms with E-state index in [1.165, 1.54) is 19.9 Å². The second-order valence-electron chi connectivity index (χ2n) is 2.80. The molecule has 1 radical (unpaired) electrons. The maximum Gasteiger partial charge on any atom is 0.308 e. The number of esters is 2. The van der Waals surface area contributed by atoms with Gasteiger partial charge in [-0.2, -0.15) is 0 Å². The molecule has 0 saturated carbocycles. The first-order valence-corrected chi connectivity index (χ1v) is 6.34. The zero-order chi connectivity index (χ0) is 12.3. The SMILES string of the molecule is CC(=O)Oc1c[c]c(I)c(I)c1OC(C)=O. The van der Waals surface area contributed by atoms with Gasteiger partial charge in [-0.3, -0.25) is 9.59 Å². The molecule has 0 aliphatic heterocycles. The highest BCUT2D eigenvalue weighted by Crippen LogP contribution is 2.35. The summed E-state index contributed by atoms with van der Waals surface area (Å²) in [6.45, 7) is 2.57. The molecule has 0 fully saturated rings. The minimum atomic E-state index is -0.473. The summed E-state index contributed by atoms with van der Waals surface area (Å²) in [5.41, 5.74) is 0. The number of benzene rings is 1. The van der Waals surface area contributed by atoms with Crippen molar-refractivity contribution < 1.29 is 19.1 Å². The van der Waals surface area contributed by atoms with Crippen molar-refractivity contribution >= 4 is 57.1 Å². The summed E-state index contributed by atoms with van der Waals surface area (Å²) in [7, 11) is 0. The molecule has 0 N–H and O–H groups in total. The fourth-order valence-corrected chi connectivity index (χ4v) is 1.87. The number of hydrogen-bond acceptors (Lipinski definition) is 4. The van der Waals surface area contributed by atoms with Crippen molar-refractivity contribution in [3.63, 3.8) is 0 Å². The van der Waals surface area contributed by atoms with E-state index < -0.39 is 11.9 Å². The molecule has 1 rings (SSSR count). The Morgan fingerprint density at radius 2 is 1.75 bits per heavy atom. The Hall–Kier alpha value is -0.380. The summed E-state index contributed by atoms with van der Waals surface area (Å²) >= 11 is 4.06. The molecule has 85 valence electrons. The summed E-state index contributed by atoms with van der Waals surface area (Å²) in [4.78, 5) is 21.8. The molecule has 16 heavy (non-hydrogen) atoms. The molecule has 1 aromatic rings. The van der Waals surface area contributed by atoms with Gasteiger partial charge in [0.15, 0.2) is 11.5 Å². The summed E-state index contributed by atoms with van der Waals surface area (Å²) in [5.74, 6) is -0.480. The van der Waals surface area contributed by atoms with E-state index in [-0.39, 0.29) is 11.5 Å². The molecule has 0 unspecified atom stereocenters. The molecular formula is C10H7I2O4. The number of carbonyl (C=O) groups excluding carboxylic acids is 2. The highest BCUT2D eigenvalue weighted by Gasteiger charge is 2.16. The normalized spacial score (nSPS) is 9.75. The highest BCUT2D eigenvalue weighted by atomic mass is 127. The van der Waals surface area contributed by atoms with Crippen LogP contribution in [0.3, 0.4) is 0 Å². The number of halogens is 2. The molecular weight excluding hydrogens is 438 g/mol. The monoisotopic (exact) mass is 445 g/mol. The van der Waals surface area contributed by atoms with Gasteiger partial charge in [-0.05, 0) is 51.2 Å². The van der Waals surface area contributed by atoms with Crippen molar-refractivity contribution in [1.29, 1.82) is 0 Å². The summed E-state index contributed by atoms with van der Waals surface area (Å²) in [6.07, 6.45) is 0. The zero-order valence-electron chi connectivity index (χ0n) is 8.47. The average Bonchev–Trinajstić information content (AvgIpc) is 2.16. The van der Waals surface area contributed by atoms with E-state index in [0.29, 0.717) is 3.57 Å². The van der Waals surface area contributed by atoms with Gasteiger partial charge < -0.3 is 9.47 Å². The van der Waals surface area contributed by atoms with Crippen molar-refractivity contribution in [3.8, 4) is 11.5 Å². The van der Waals surface area contributed by atoms with Crippen LogP contribution in [0.4, 0.5) is 0 Å². The lowest BCUT2D eigenvalue weighted by molar-refractivity contribution is -0.134. The van der Waals surface area contributed by atoms with E-state index in [1.54, 1.807) is 0 Å². The molecule has 0 heterocycles. The third kappa shape index (κ3) is 3.58. The Kier molecular flexibility index (Phi) is 4.96. The van der Waals surface area contributed by atoms with Gasteiger partial charge in [-0.15, -0.1) is 0 Å². The topological polar surface area (TPSA) is 52.6 Å². The Morgan fingerprint density at radius 1 is 1.19 bits per heavy atom. The van der Waals surface area contributed by atoms with E-state index in [1.807, 2.05) is 22.6 Å². The molecule has 0 bridgehead atoms. The lowest BCUT2D eigenvalue weighted by Crippen LogP contribution is -2.09. The summed E-state index contributed by atoms with van der Waals surface area (Å²) in [5, 5.41) is 0. The largest absolute Gasteiger partial charge is 0.423 e. The molecule has 0 aromatic heterocycles. The maximum atomic E-state index is 10.9. The molecule has 0 saturated heterocycles. The van der Waals surface area contributed by atoms with E-state index in [2.05, 4.69) is 28.7 Å². The third-order valence-corrected chi connectivity index (χ3v) is 4.36. The van der Waals surface area contributed by atoms with Gasteiger partial charge in [0.2, 0.25) is 0 Å². The summed E-state index contributed by atoms with van der Waals surface area (Å²) < 4.78 is 11.4. The Balaban J connectivity index is 3.20. The smallest absolute Gasteiger partial charge is 0.308 e. The van der Waals surface area contributed by atoms with Gasteiger partial charge in [-0.25, -0.2) is 0 Å². The Labute approximate surface area is 120 Å². The van der Waals surface area contributed by atoms with Crippen LogP contribution in [-0.2, 0) is 9.59 Å². The van der Waals surface area contributed by atoms with Gasteiger partial charge >= 0.3 is 11.9 Å². The number of ether oxygens (including phenoxy) is 2. The van der Waals surface area contributed by atoms with Gasteiger partial charge in [0.1, 0.15) is 0 Å². The third-order valence-electron chi connectivity index (χ3n) is 1.45. The predicted octanol–water partition coefficient (Wildman–Crippen LogP) is 2.55. The van der Waals surface area contributed by atoms with Crippen LogP contribution >= 0.6 is 45.2 Å². The molecule has 0 aliphatic carbocycles. The number of rotatable bonds is 2. The molecule has 0 atom stereocenters. The predicted molar refractivity (Wildman–Crippen MR) is 73.3 cm³/mol. The lowest BCUT2D eigenvalue weighted by atomic mass is 10.3. The van der Waals surface area contributed by atoms with Crippen LogP contribution in [-0.4, -0.2) is 11.9 Å². The van der Waals surface area contributed by atoms with Crippen LogP contribution in [0, 0.1) is 13.2 Å². The average molecular weight is 445 g/mol. The second kappa shape index (κ2) is 5.80. The molecule has 6 heteroatoms. The fraction of sp³-hybridized carbons (Fsp3) is 0.200. The van der Waals surface area contributed by atoms with E-state index in [9.17, 15) is 9.59 Å². The first kappa shape index (κ1) is 13.7. The van der Waals surface area contributed by atoms with Crippen molar-refractivity contribution in [3.05, 3.63) is 19.3 Å². The van der Waals surface area contributed by atoms with Gasteiger partial charge in [0.25, 0.3) is 0 Å². The molecule has 1 aromatic carbocycles. The van der Waals surface area contributed by atoms with Gasteiger partial charge in [0, 0.05) is 23.5 Å². The first-order valence-electron chi connectivity index (χ1n) is 4.18. The zero-order valence-corrected chi connectivity index (χ0v) is 12.8. The van der Waals surface area contributed by atoms with E-state index in [4.69, 9.17) is 9.47 Å². The van der Waals surface area contributed by atoms with Crippen LogP contribution in [0.2, 0.25) is 0 Å².